The molecule has 4 nitrogen and oxygen atoms in total. The Balaban J connectivity index is 2.31. The van der Waals surface area contributed by atoms with Crippen LogP contribution in [0.25, 0.3) is 0 Å². The molecular formula is C12H25N3O. The predicted octanol–water partition coefficient (Wildman–Crippen LogP) is 1.57. The summed E-state index contributed by atoms with van der Waals surface area (Å²) in [5.41, 5.74) is 0. The van der Waals surface area contributed by atoms with E-state index in [9.17, 15) is 4.79 Å². The van der Waals surface area contributed by atoms with Gasteiger partial charge in [0.25, 0.3) is 0 Å². The number of carbonyl (C=O) groups is 1. The summed E-state index contributed by atoms with van der Waals surface area (Å²) in [4.78, 5) is 13.5. The average molecular weight is 227 g/mol. The number of hydrogen-bond donors (Lipinski definition) is 2. The molecule has 0 saturated carbocycles. The quantitative estimate of drug-likeness (QED) is 0.749. The molecule has 2 amide bonds. The second kappa shape index (κ2) is 6.74. The van der Waals surface area contributed by atoms with Crippen LogP contribution in [0.15, 0.2) is 0 Å². The molecule has 0 aromatic carbocycles. The van der Waals surface area contributed by atoms with E-state index in [1.807, 2.05) is 11.8 Å². The lowest BCUT2D eigenvalue weighted by molar-refractivity contribution is 0.208. The fraction of sp³-hybridized carbons (Fsp3) is 0.917. The Hall–Kier alpha value is -0.770. The summed E-state index contributed by atoms with van der Waals surface area (Å²) < 4.78 is 0. The second-order valence-electron chi connectivity index (χ2n) is 4.45. The molecule has 2 N–H and O–H groups in total. The lowest BCUT2D eigenvalue weighted by Crippen LogP contribution is -2.43. The maximum Gasteiger partial charge on any atom is 0.317 e. The molecule has 1 saturated heterocycles. The highest BCUT2D eigenvalue weighted by Crippen LogP contribution is 2.11. The van der Waals surface area contributed by atoms with Gasteiger partial charge in [-0.3, -0.25) is 0 Å². The van der Waals surface area contributed by atoms with E-state index < -0.39 is 0 Å². The molecule has 1 fully saturated rings. The second-order valence-corrected chi connectivity index (χ2v) is 4.45. The molecule has 0 spiro atoms. The van der Waals surface area contributed by atoms with Crippen LogP contribution >= 0.6 is 0 Å². The molecule has 16 heavy (non-hydrogen) atoms. The number of nitrogens with one attached hydrogen (secondary N) is 2. The van der Waals surface area contributed by atoms with E-state index >= 15 is 0 Å². The maximum absolute atomic E-state index is 11.6. The minimum atomic E-state index is 0.0800. The van der Waals surface area contributed by atoms with Crippen LogP contribution in [0.2, 0.25) is 0 Å². The van der Waals surface area contributed by atoms with Gasteiger partial charge in [0.1, 0.15) is 0 Å². The van der Waals surface area contributed by atoms with Crippen LogP contribution in [-0.4, -0.2) is 42.6 Å². The minimum Gasteiger partial charge on any atom is -0.338 e. The largest absolute Gasteiger partial charge is 0.338 e. The third-order valence-electron chi connectivity index (χ3n) is 3.26. The molecule has 0 aromatic heterocycles. The van der Waals surface area contributed by atoms with Gasteiger partial charge in [0, 0.05) is 31.7 Å². The summed E-state index contributed by atoms with van der Waals surface area (Å²) in [5.74, 6) is 0. The van der Waals surface area contributed by atoms with Crippen molar-refractivity contribution in [3.63, 3.8) is 0 Å². The fourth-order valence-electron chi connectivity index (χ4n) is 2.20. The highest BCUT2D eigenvalue weighted by atomic mass is 16.2. The van der Waals surface area contributed by atoms with Gasteiger partial charge in [-0.2, -0.15) is 0 Å². The van der Waals surface area contributed by atoms with Crippen molar-refractivity contribution in [1.82, 2.24) is 15.5 Å². The molecule has 94 valence electrons. The zero-order chi connectivity index (χ0) is 12.0. The van der Waals surface area contributed by atoms with E-state index in [0.29, 0.717) is 18.6 Å². The fourth-order valence-corrected chi connectivity index (χ4v) is 2.20. The Morgan fingerprint density at radius 2 is 2.06 bits per heavy atom. The number of rotatable bonds is 5. The molecule has 1 heterocycles. The first-order chi connectivity index (χ1) is 7.71. The molecule has 1 rings (SSSR count). The Morgan fingerprint density at radius 1 is 1.38 bits per heavy atom. The molecule has 0 aliphatic carbocycles. The third-order valence-corrected chi connectivity index (χ3v) is 3.26. The lowest BCUT2D eigenvalue weighted by atomic mass is 10.1. The molecule has 1 unspecified atom stereocenters. The van der Waals surface area contributed by atoms with Gasteiger partial charge in [0.2, 0.25) is 0 Å². The van der Waals surface area contributed by atoms with Crippen molar-refractivity contribution in [1.29, 1.82) is 0 Å². The number of amides is 2. The summed E-state index contributed by atoms with van der Waals surface area (Å²) in [5, 5.41) is 6.47. The van der Waals surface area contributed by atoms with Crippen LogP contribution in [0.1, 0.15) is 40.0 Å². The summed E-state index contributed by atoms with van der Waals surface area (Å²) in [6.07, 6.45) is 3.40. The Labute approximate surface area is 98.8 Å². The summed E-state index contributed by atoms with van der Waals surface area (Å²) >= 11 is 0. The van der Waals surface area contributed by atoms with Gasteiger partial charge in [-0.1, -0.05) is 13.8 Å². The third kappa shape index (κ3) is 3.67. The van der Waals surface area contributed by atoms with Gasteiger partial charge in [-0.05, 0) is 26.2 Å². The Bertz CT molecular complexity index is 216. The minimum absolute atomic E-state index is 0.0800. The molecule has 1 atom stereocenters. The van der Waals surface area contributed by atoms with Crippen LogP contribution in [0.5, 0.6) is 0 Å². The van der Waals surface area contributed by atoms with Crippen molar-refractivity contribution >= 4 is 6.03 Å². The molecule has 0 bridgehead atoms. The summed E-state index contributed by atoms with van der Waals surface area (Å²) in [7, 11) is 0. The maximum atomic E-state index is 11.6. The average Bonchev–Trinajstić information content (AvgIpc) is 2.74. The Kier molecular flexibility index (Phi) is 5.60. The highest BCUT2D eigenvalue weighted by Gasteiger charge is 2.26. The van der Waals surface area contributed by atoms with Crippen molar-refractivity contribution < 1.29 is 4.79 Å². The Morgan fingerprint density at radius 3 is 2.62 bits per heavy atom. The van der Waals surface area contributed by atoms with Crippen LogP contribution < -0.4 is 10.6 Å². The van der Waals surface area contributed by atoms with Crippen LogP contribution in [0.3, 0.4) is 0 Å². The van der Waals surface area contributed by atoms with Gasteiger partial charge in [0.05, 0.1) is 0 Å². The number of carbonyl (C=O) groups excluding carboxylic acids is 1. The smallest absolute Gasteiger partial charge is 0.317 e. The molecular weight excluding hydrogens is 202 g/mol. The van der Waals surface area contributed by atoms with Crippen molar-refractivity contribution in [3.8, 4) is 0 Å². The van der Waals surface area contributed by atoms with E-state index in [-0.39, 0.29) is 6.03 Å². The van der Waals surface area contributed by atoms with E-state index in [4.69, 9.17) is 0 Å². The molecule has 1 aliphatic heterocycles. The van der Waals surface area contributed by atoms with Crippen molar-refractivity contribution in [3.05, 3.63) is 0 Å². The van der Waals surface area contributed by atoms with Crippen molar-refractivity contribution in [2.45, 2.75) is 52.1 Å². The summed E-state index contributed by atoms with van der Waals surface area (Å²) in [6, 6.07) is 1.16. The molecule has 0 aromatic rings. The topological polar surface area (TPSA) is 44.4 Å². The highest BCUT2D eigenvalue weighted by molar-refractivity contribution is 5.74. The first-order valence-corrected chi connectivity index (χ1v) is 6.50. The zero-order valence-electron chi connectivity index (χ0n) is 10.8. The number of hydrogen-bond acceptors (Lipinski definition) is 2. The SMILES string of the molecule is CCNC(=O)N1CCC(NC(CC)CC)C1. The molecule has 1 aliphatic rings. The monoisotopic (exact) mass is 227 g/mol. The zero-order valence-corrected chi connectivity index (χ0v) is 10.8. The van der Waals surface area contributed by atoms with Gasteiger partial charge in [0.15, 0.2) is 0 Å². The number of nitrogens with zero attached hydrogens (tertiary/aromatic N) is 1. The van der Waals surface area contributed by atoms with Crippen LogP contribution in [0, 0.1) is 0 Å². The molecule has 0 radical (unpaired) electrons. The van der Waals surface area contributed by atoms with Crippen molar-refractivity contribution in [2.75, 3.05) is 19.6 Å². The van der Waals surface area contributed by atoms with Crippen LogP contribution in [0.4, 0.5) is 4.79 Å². The van der Waals surface area contributed by atoms with Gasteiger partial charge >= 0.3 is 6.03 Å². The lowest BCUT2D eigenvalue weighted by Gasteiger charge is -2.21. The van der Waals surface area contributed by atoms with E-state index in [1.54, 1.807) is 0 Å². The standard InChI is InChI=1S/C12H25N3O/c1-4-10(5-2)14-11-7-8-15(9-11)12(16)13-6-3/h10-11,14H,4-9H2,1-3H3,(H,13,16). The first kappa shape index (κ1) is 13.3. The number of likely N-dealkylation sites (tertiary alicyclic amines) is 1. The summed E-state index contributed by atoms with van der Waals surface area (Å²) in [6.45, 7) is 8.80. The van der Waals surface area contributed by atoms with E-state index in [0.717, 1.165) is 32.4 Å². The van der Waals surface area contributed by atoms with Crippen LogP contribution in [-0.2, 0) is 0 Å². The van der Waals surface area contributed by atoms with Gasteiger partial charge < -0.3 is 15.5 Å². The van der Waals surface area contributed by atoms with E-state index in [1.165, 1.54) is 0 Å². The normalized spacial score (nSPS) is 20.5. The van der Waals surface area contributed by atoms with Gasteiger partial charge in [-0.25, -0.2) is 4.79 Å². The van der Waals surface area contributed by atoms with Crippen molar-refractivity contribution in [2.24, 2.45) is 0 Å². The van der Waals surface area contributed by atoms with Gasteiger partial charge in [-0.15, -0.1) is 0 Å². The van der Waals surface area contributed by atoms with E-state index in [2.05, 4.69) is 24.5 Å². The first-order valence-electron chi connectivity index (χ1n) is 6.50. The molecule has 4 heteroatoms. The predicted molar refractivity (Wildman–Crippen MR) is 66.6 cm³/mol. The number of urea groups is 1.